The van der Waals surface area contributed by atoms with Crippen molar-refractivity contribution in [1.82, 2.24) is 9.97 Å². The molecule has 0 atom stereocenters. The molecule has 0 fully saturated rings. The molecule has 4 N–H and O–H groups in total. The van der Waals surface area contributed by atoms with Crippen molar-refractivity contribution in [1.29, 1.82) is 0 Å². The van der Waals surface area contributed by atoms with Gasteiger partial charge in [-0.3, -0.25) is 9.59 Å². The monoisotopic (exact) mass is 484 g/mol. The highest BCUT2D eigenvalue weighted by Crippen LogP contribution is 2.34. The van der Waals surface area contributed by atoms with Crippen LogP contribution in [0.3, 0.4) is 0 Å². The lowest BCUT2D eigenvalue weighted by Gasteiger charge is -2.11. The number of amides is 2. The van der Waals surface area contributed by atoms with E-state index in [1.54, 1.807) is 42.6 Å². The highest BCUT2D eigenvalue weighted by Gasteiger charge is 2.21. The highest BCUT2D eigenvalue weighted by atomic mass is 35.5. The third-order valence-corrected chi connectivity index (χ3v) is 5.80. The Morgan fingerprint density at radius 2 is 1.69 bits per heavy atom. The van der Waals surface area contributed by atoms with Gasteiger partial charge in [-0.05, 0) is 66.7 Å². The molecular weight excluding hydrogens is 464 g/mol. The average molecular weight is 485 g/mol. The van der Waals surface area contributed by atoms with E-state index in [1.807, 2.05) is 37.4 Å². The van der Waals surface area contributed by atoms with Crippen LogP contribution in [0.5, 0.6) is 0 Å². The first-order valence-electron chi connectivity index (χ1n) is 10.9. The van der Waals surface area contributed by atoms with Crippen molar-refractivity contribution in [2.45, 2.75) is 6.42 Å². The minimum absolute atomic E-state index is 0.150. The summed E-state index contributed by atoms with van der Waals surface area (Å²) in [5.74, 6) is 0.0201. The zero-order valence-electron chi connectivity index (χ0n) is 18.7. The molecule has 0 saturated carbocycles. The molecular formula is C26H21ClN6O2. The highest BCUT2D eigenvalue weighted by molar-refractivity contribution is 6.31. The second-order valence-electron chi connectivity index (χ2n) is 7.97. The third kappa shape index (κ3) is 4.92. The Kier molecular flexibility index (Phi) is 6.03. The van der Waals surface area contributed by atoms with Gasteiger partial charge in [0.05, 0.1) is 17.8 Å². The summed E-state index contributed by atoms with van der Waals surface area (Å²) in [5.41, 5.74) is 5.69. The third-order valence-electron chi connectivity index (χ3n) is 5.56. The van der Waals surface area contributed by atoms with Crippen LogP contribution in [-0.4, -0.2) is 28.8 Å². The summed E-state index contributed by atoms with van der Waals surface area (Å²) in [6, 6.07) is 19.8. The lowest BCUT2D eigenvalue weighted by atomic mass is 10.1. The normalized spacial score (nSPS) is 12.0. The molecule has 3 aromatic carbocycles. The number of rotatable bonds is 5. The van der Waals surface area contributed by atoms with Crippen LogP contribution in [0.25, 0.3) is 11.3 Å². The van der Waals surface area contributed by atoms with Gasteiger partial charge in [-0.1, -0.05) is 11.6 Å². The molecule has 8 nitrogen and oxygen atoms in total. The van der Waals surface area contributed by atoms with Crippen molar-refractivity contribution in [2.24, 2.45) is 0 Å². The number of aromatic nitrogens is 2. The predicted octanol–water partition coefficient (Wildman–Crippen LogP) is 5.33. The van der Waals surface area contributed by atoms with Crippen LogP contribution >= 0.6 is 11.6 Å². The summed E-state index contributed by atoms with van der Waals surface area (Å²) in [4.78, 5) is 33.9. The van der Waals surface area contributed by atoms with E-state index in [9.17, 15) is 9.59 Å². The number of fused-ring (bicyclic) bond motifs is 3. The van der Waals surface area contributed by atoms with Gasteiger partial charge in [-0.25, -0.2) is 9.97 Å². The average Bonchev–Trinajstić information content (AvgIpc) is 2.99. The van der Waals surface area contributed by atoms with Crippen molar-refractivity contribution < 1.29 is 9.59 Å². The summed E-state index contributed by atoms with van der Waals surface area (Å²) in [5, 5.41) is 12.5. The van der Waals surface area contributed by atoms with Crippen molar-refractivity contribution in [3.63, 3.8) is 0 Å². The molecule has 4 aromatic rings. The van der Waals surface area contributed by atoms with Crippen LogP contribution in [0.15, 0.2) is 72.9 Å². The van der Waals surface area contributed by atoms with E-state index in [0.29, 0.717) is 33.6 Å². The zero-order valence-corrected chi connectivity index (χ0v) is 19.5. The Morgan fingerprint density at radius 1 is 0.971 bits per heavy atom. The molecule has 1 aromatic heterocycles. The molecule has 35 heavy (non-hydrogen) atoms. The first kappa shape index (κ1) is 22.4. The molecule has 0 unspecified atom stereocenters. The number of nitrogens with zero attached hydrogens (tertiary/aromatic N) is 2. The number of carbonyl (C=O) groups excluding carboxylic acids is 2. The van der Waals surface area contributed by atoms with Crippen LogP contribution < -0.4 is 21.3 Å². The fourth-order valence-electron chi connectivity index (χ4n) is 3.78. The smallest absolute Gasteiger partial charge is 0.255 e. The molecule has 9 heteroatoms. The van der Waals surface area contributed by atoms with Crippen molar-refractivity contribution in [3.05, 3.63) is 89.1 Å². The maximum atomic E-state index is 12.6. The molecule has 0 saturated heterocycles. The van der Waals surface area contributed by atoms with Crippen molar-refractivity contribution in [3.8, 4) is 11.3 Å². The van der Waals surface area contributed by atoms with Crippen molar-refractivity contribution >= 4 is 52.1 Å². The maximum absolute atomic E-state index is 12.6. The summed E-state index contributed by atoms with van der Waals surface area (Å²) < 4.78 is 0. The standard InChI is InChI=1S/C26H21ClN6O2/c1-28-18-7-9-19(10-8-18)30-25(35)15-2-5-20(6-3-15)31-26-29-14-16-12-23(34)32-22-13-17(27)4-11-21(22)24(16)33-26/h2-11,13-14,28H,12H2,1H3,(H,30,35)(H,32,34)(H,29,31,33). The number of nitrogens with one attached hydrogen (secondary N) is 4. The van der Waals surface area contributed by atoms with Gasteiger partial charge < -0.3 is 21.3 Å². The van der Waals surface area contributed by atoms with E-state index in [1.165, 1.54) is 0 Å². The molecule has 1 aliphatic heterocycles. The van der Waals surface area contributed by atoms with Gasteiger partial charge in [0.1, 0.15) is 0 Å². The van der Waals surface area contributed by atoms with E-state index in [-0.39, 0.29) is 18.2 Å². The minimum Gasteiger partial charge on any atom is -0.388 e. The molecule has 1 aliphatic rings. The van der Waals surface area contributed by atoms with Crippen LogP contribution in [0, 0.1) is 0 Å². The van der Waals surface area contributed by atoms with Gasteiger partial charge in [-0.2, -0.15) is 0 Å². The van der Waals surface area contributed by atoms with E-state index in [2.05, 4.69) is 31.2 Å². The topological polar surface area (TPSA) is 108 Å². The van der Waals surface area contributed by atoms with Gasteiger partial charge in [0.15, 0.2) is 0 Å². The van der Waals surface area contributed by atoms with E-state index >= 15 is 0 Å². The number of hydrogen-bond acceptors (Lipinski definition) is 6. The van der Waals surface area contributed by atoms with Gasteiger partial charge in [0.2, 0.25) is 11.9 Å². The van der Waals surface area contributed by atoms with Crippen LogP contribution in [0.1, 0.15) is 15.9 Å². The number of hydrogen-bond donors (Lipinski definition) is 4. The molecule has 2 heterocycles. The minimum atomic E-state index is -0.206. The maximum Gasteiger partial charge on any atom is 0.255 e. The Morgan fingerprint density at radius 3 is 2.43 bits per heavy atom. The van der Waals surface area contributed by atoms with Crippen LogP contribution in [-0.2, 0) is 11.2 Å². The summed E-state index contributed by atoms with van der Waals surface area (Å²) >= 11 is 6.11. The molecule has 0 aliphatic carbocycles. The number of anilines is 5. The van der Waals surface area contributed by atoms with Crippen LogP contribution in [0.2, 0.25) is 5.02 Å². The lowest BCUT2D eigenvalue weighted by Crippen LogP contribution is -2.12. The van der Waals surface area contributed by atoms with Crippen LogP contribution in [0.4, 0.5) is 28.7 Å². The number of halogens is 1. The Labute approximate surface area is 206 Å². The van der Waals surface area contributed by atoms with Gasteiger partial charge in [0, 0.05) is 52.0 Å². The SMILES string of the molecule is CNc1ccc(NC(=O)c2ccc(Nc3ncc4c(n3)-c3ccc(Cl)cc3NC(=O)C4)cc2)cc1. The summed E-state index contributed by atoms with van der Waals surface area (Å²) in [7, 11) is 1.84. The number of benzene rings is 3. The Bertz CT molecular complexity index is 1420. The summed E-state index contributed by atoms with van der Waals surface area (Å²) in [6.07, 6.45) is 1.82. The second kappa shape index (κ2) is 9.44. The molecule has 5 rings (SSSR count). The fraction of sp³-hybridized carbons (Fsp3) is 0.0769. The second-order valence-corrected chi connectivity index (χ2v) is 8.40. The molecule has 174 valence electrons. The Hall–Kier alpha value is -4.43. The molecule has 0 radical (unpaired) electrons. The quantitative estimate of drug-likeness (QED) is 0.305. The number of carbonyl (C=O) groups is 2. The van der Waals surface area contributed by atoms with E-state index in [4.69, 9.17) is 11.6 Å². The lowest BCUT2D eigenvalue weighted by molar-refractivity contribution is -0.115. The predicted molar refractivity (Wildman–Crippen MR) is 138 cm³/mol. The molecule has 0 bridgehead atoms. The molecule has 0 spiro atoms. The van der Waals surface area contributed by atoms with Gasteiger partial charge in [0.25, 0.3) is 5.91 Å². The summed E-state index contributed by atoms with van der Waals surface area (Å²) in [6.45, 7) is 0. The fourth-order valence-corrected chi connectivity index (χ4v) is 3.95. The van der Waals surface area contributed by atoms with Gasteiger partial charge in [-0.15, -0.1) is 0 Å². The largest absolute Gasteiger partial charge is 0.388 e. The van der Waals surface area contributed by atoms with E-state index in [0.717, 1.165) is 22.5 Å². The van der Waals surface area contributed by atoms with E-state index < -0.39 is 0 Å². The zero-order chi connectivity index (χ0) is 24.4. The van der Waals surface area contributed by atoms with Gasteiger partial charge >= 0.3 is 0 Å². The van der Waals surface area contributed by atoms with Crippen molar-refractivity contribution in [2.75, 3.05) is 28.3 Å². The Balaban J connectivity index is 1.33. The first-order valence-corrected chi connectivity index (χ1v) is 11.3. The molecule has 2 amide bonds. The first-order chi connectivity index (χ1) is 17.0.